The van der Waals surface area contributed by atoms with Gasteiger partial charge in [-0.25, -0.2) is 14.4 Å². The van der Waals surface area contributed by atoms with Gasteiger partial charge in [0.2, 0.25) is 5.75 Å². The predicted octanol–water partition coefficient (Wildman–Crippen LogP) is 7.35. The average Bonchev–Trinajstić information content (AvgIpc) is 3.17. The van der Waals surface area contributed by atoms with Crippen molar-refractivity contribution < 1.29 is 61.0 Å². The fraction of sp³-hybridized carbons (Fsp3) is 0.638. The van der Waals surface area contributed by atoms with E-state index < -0.39 is 11.9 Å². The molecule has 2 rings (SSSR count). The van der Waals surface area contributed by atoms with Crippen molar-refractivity contribution in [2.75, 3.05) is 129 Å². The van der Waals surface area contributed by atoms with E-state index in [1.54, 1.807) is 36.4 Å². The molecule has 0 aromatic heterocycles. The molecule has 0 amide bonds. The predicted molar refractivity (Wildman–Crippen MR) is 236 cm³/mol. The van der Waals surface area contributed by atoms with E-state index in [2.05, 4.69) is 70.0 Å². The normalized spacial score (nSPS) is 11.8. The van der Waals surface area contributed by atoms with E-state index in [1.165, 1.54) is 31.8 Å². The van der Waals surface area contributed by atoms with Gasteiger partial charge in [-0.2, -0.15) is 0 Å². The maximum atomic E-state index is 13.3. The van der Waals surface area contributed by atoms with Gasteiger partial charge < -0.3 is 46.6 Å². The molecular formula is C47H78N3O10+3. The second-order valence-corrected chi connectivity index (χ2v) is 18.3. The van der Waals surface area contributed by atoms with Gasteiger partial charge in [-0.05, 0) is 62.1 Å². The summed E-state index contributed by atoms with van der Waals surface area (Å²) in [5, 5.41) is 0. The number of ether oxygens (including phenoxy) is 7. The Hall–Kier alpha value is -4.33. The van der Waals surface area contributed by atoms with Crippen LogP contribution in [0.1, 0.15) is 91.3 Å². The van der Waals surface area contributed by atoms with Gasteiger partial charge in [0.05, 0.1) is 101 Å². The highest BCUT2D eigenvalue weighted by Crippen LogP contribution is 2.39. The lowest BCUT2D eigenvalue weighted by atomic mass is 10.1. The van der Waals surface area contributed by atoms with Crippen LogP contribution >= 0.6 is 0 Å². The highest BCUT2D eigenvalue weighted by atomic mass is 16.6. The second-order valence-electron chi connectivity index (χ2n) is 18.3. The Kier molecular flexibility index (Phi) is 23.7. The van der Waals surface area contributed by atoms with E-state index in [1.807, 2.05) is 0 Å². The Balaban J connectivity index is 1.78. The number of likely N-dealkylation sites (N-methyl/N-ethyl adjacent to an activating group) is 3. The summed E-state index contributed by atoms with van der Waals surface area (Å²) in [4.78, 5) is 37.0. The third kappa shape index (κ3) is 24.7. The molecule has 0 atom stereocenters. The molecule has 2 aromatic rings. The molecule has 0 fully saturated rings. The summed E-state index contributed by atoms with van der Waals surface area (Å²) >= 11 is 0. The molecule has 0 spiro atoms. The quantitative estimate of drug-likeness (QED) is 0.0238. The average molecular weight is 845 g/mol. The van der Waals surface area contributed by atoms with E-state index in [0.29, 0.717) is 83.2 Å². The van der Waals surface area contributed by atoms with Crippen LogP contribution in [0.2, 0.25) is 0 Å². The highest BCUT2D eigenvalue weighted by Gasteiger charge is 2.22. The molecule has 338 valence electrons. The first-order valence-electron chi connectivity index (χ1n) is 21.7. The summed E-state index contributed by atoms with van der Waals surface area (Å²) in [6.07, 6.45) is 12.3. The van der Waals surface area contributed by atoms with Gasteiger partial charge in [-0.15, -0.1) is 0 Å². The standard InChI is InChI=1S/C47H78N3O10/c1-11-44(51)57-31-20-18-16-14-12-13-15-17-19-30-54-41-25-23-39(24-26-41)46(52)59-32-21-22-33-60-47(53)40-37-42(55-34-27-48(2,3)4)45(58-36-29-50(8,9)10)43(38-40)56-35-28-49(5,6)7/h11,23-26,37-38H,1,12-22,27-36H2,2-10H3/q+3. The van der Waals surface area contributed by atoms with Crippen molar-refractivity contribution in [1.29, 1.82) is 0 Å². The van der Waals surface area contributed by atoms with Gasteiger partial charge in [-0.1, -0.05) is 51.5 Å². The van der Waals surface area contributed by atoms with Crippen LogP contribution in [0, 0.1) is 0 Å². The summed E-state index contributed by atoms with van der Waals surface area (Å²) in [7, 11) is 18.9. The van der Waals surface area contributed by atoms with Crippen LogP contribution in [0.3, 0.4) is 0 Å². The molecule has 2 aromatic carbocycles. The van der Waals surface area contributed by atoms with Crippen LogP contribution < -0.4 is 18.9 Å². The Morgan fingerprint density at radius 2 is 0.850 bits per heavy atom. The Bertz CT molecular complexity index is 1520. The molecule has 13 nitrogen and oxygen atoms in total. The molecule has 0 bridgehead atoms. The van der Waals surface area contributed by atoms with Gasteiger partial charge in [-0.3, -0.25) is 0 Å². The van der Waals surface area contributed by atoms with Crippen molar-refractivity contribution >= 4 is 17.9 Å². The monoisotopic (exact) mass is 845 g/mol. The number of carbonyl (C=O) groups excluding carboxylic acids is 3. The summed E-state index contributed by atoms with van der Waals surface area (Å²) in [5.41, 5.74) is 0.769. The molecule has 0 aliphatic carbocycles. The topological polar surface area (TPSA) is 116 Å². The lowest BCUT2D eigenvalue weighted by Gasteiger charge is -2.26. The van der Waals surface area contributed by atoms with E-state index in [-0.39, 0.29) is 19.2 Å². The van der Waals surface area contributed by atoms with Crippen molar-refractivity contribution in [2.45, 2.75) is 70.6 Å². The van der Waals surface area contributed by atoms with E-state index in [0.717, 1.165) is 62.0 Å². The van der Waals surface area contributed by atoms with E-state index in [4.69, 9.17) is 33.2 Å². The number of nitrogens with zero attached hydrogens (tertiary/aromatic N) is 3. The van der Waals surface area contributed by atoms with Crippen LogP contribution in [0.15, 0.2) is 49.1 Å². The maximum absolute atomic E-state index is 13.3. The highest BCUT2D eigenvalue weighted by molar-refractivity contribution is 5.91. The molecule has 0 radical (unpaired) electrons. The van der Waals surface area contributed by atoms with Crippen LogP contribution in [-0.4, -0.2) is 161 Å². The fourth-order valence-corrected chi connectivity index (χ4v) is 5.58. The zero-order valence-electron chi connectivity index (χ0n) is 38.5. The third-order valence-corrected chi connectivity index (χ3v) is 9.37. The number of hydrogen-bond donors (Lipinski definition) is 0. The minimum Gasteiger partial charge on any atom is -0.494 e. The number of carbonyl (C=O) groups is 3. The summed E-state index contributed by atoms with van der Waals surface area (Å²) in [5.74, 6) is 0.838. The molecule has 0 heterocycles. The minimum atomic E-state index is -0.495. The Morgan fingerprint density at radius 1 is 0.467 bits per heavy atom. The molecular weight excluding hydrogens is 767 g/mol. The lowest BCUT2D eigenvalue weighted by Crippen LogP contribution is -2.39. The van der Waals surface area contributed by atoms with Gasteiger partial charge >= 0.3 is 17.9 Å². The Labute approximate surface area is 361 Å². The molecule has 13 heteroatoms. The van der Waals surface area contributed by atoms with E-state index >= 15 is 0 Å². The van der Waals surface area contributed by atoms with Crippen molar-refractivity contribution in [2.24, 2.45) is 0 Å². The Morgan fingerprint density at radius 3 is 1.30 bits per heavy atom. The van der Waals surface area contributed by atoms with Gasteiger partial charge in [0.1, 0.15) is 45.2 Å². The van der Waals surface area contributed by atoms with Crippen LogP contribution in [0.4, 0.5) is 0 Å². The number of esters is 3. The smallest absolute Gasteiger partial charge is 0.338 e. The molecule has 0 aliphatic rings. The molecule has 0 aliphatic heterocycles. The zero-order chi connectivity index (χ0) is 44.4. The largest absolute Gasteiger partial charge is 0.494 e. The minimum absolute atomic E-state index is 0.164. The molecule has 0 N–H and O–H groups in total. The fourth-order valence-electron chi connectivity index (χ4n) is 5.58. The first kappa shape index (κ1) is 51.8. The van der Waals surface area contributed by atoms with Crippen LogP contribution in [0.25, 0.3) is 0 Å². The molecule has 60 heavy (non-hydrogen) atoms. The van der Waals surface area contributed by atoms with Gasteiger partial charge in [0, 0.05) is 6.08 Å². The van der Waals surface area contributed by atoms with Crippen molar-refractivity contribution in [3.05, 3.63) is 60.2 Å². The number of unbranched alkanes of at least 4 members (excludes halogenated alkanes) is 9. The van der Waals surface area contributed by atoms with Crippen LogP contribution in [-0.2, 0) is 19.0 Å². The number of hydrogen-bond acceptors (Lipinski definition) is 10. The molecule has 0 unspecified atom stereocenters. The summed E-state index contributed by atoms with van der Waals surface area (Å²) < 4.78 is 43.0. The first-order chi connectivity index (χ1) is 28.4. The number of benzene rings is 2. The molecule has 0 saturated heterocycles. The summed E-state index contributed by atoms with van der Waals surface area (Å²) in [6.45, 7) is 8.42. The van der Waals surface area contributed by atoms with Crippen LogP contribution in [0.5, 0.6) is 23.0 Å². The lowest BCUT2D eigenvalue weighted by molar-refractivity contribution is -0.870. The van der Waals surface area contributed by atoms with Crippen molar-refractivity contribution in [1.82, 2.24) is 0 Å². The molecule has 0 saturated carbocycles. The van der Waals surface area contributed by atoms with Crippen molar-refractivity contribution in [3.63, 3.8) is 0 Å². The SMILES string of the molecule is C=CC(=O)OCCCCCCCCCCCOc1ccc(C(=O)OCCCCOC(=O)c2cc(OCC[N+](C)(C)C)c(OCC[N+](C)(C)C)c(OCC[N+](C)(C)C)c2)cc1. The van der Waals surface area contributed by atoms with Gasteiger partial charge in [0.25, 0.3) is 0 Å². The first-order valence-corrected chi connectivity index (χ1v) is 21.7. The number of rotatable bonds is 33. The third-order valence-electron chi connectivity index (χ3n) is 9.37. The second kappa shape index (κ2) is 27.5. The van der Waals surface area contributed by atoms with Crippen molar-refractivity contribution in [3.8, 4) is 23.0 Å². The number of quaternary nitrogens is 3. The maximum Gasteiger partial charge on any atom is 0.338 e. The zero-order valence-corrected chi connectivity index (χ0v) is 38.5. The van der Waals surface area contributed by atoms with E-state index in [9.17, 15) is 14.4 Å². The van der Waals surface area contributed by atoms with Gasteiger partial charge in [0.15, 0.2) is 11.5 Å². The summed E-state index contributed by atoms with van der Waals surface area (Å²) in [6, 6.07) is 10.4.